The highest BCUT2D eigenvalue weighted by Gasteiger charge is 2.41. The van der Waals surface area contributed by atoms with E-state index in [1.165, 1.54) is 0 Å². The lowest BCUT2D eigenvalue weighted by molar-refractivity contribution is -0.215. The molecule has 0 fully saturated rings. The lowest BCUT2D eigenvalue weighted by Gasteiger charge is -2.14. The zero-order valence-electron chi connectivity index (χ0n) is 7.70. The smallest absolute Gasteiger partial charge is 0.425 e. The molecule has 9 heteroatoms. The van der Waals surface area contributed by atoms with Crippen LogP contribution in [0.25, 0.3) is 0 Å². The van der Waals surface area contributed by atoms with E-state index in [2.05, 4.69) is 4.74 Å². The van der Waals surface area contributed by atoms with E-state index in [1.807, 2.05) is 0 Å². The summed E-state index contributed by atoms with van der Waals surface area (Å²) in [7, 11) is 0. The van der Waals surface area contributed by atoms with Crippen molar-refractivity contribution < 1.29 is 42.2 Å². The molecule has 1 atom stereocenters. The highest BCUT2D eigenvalue weighted by atomic mass is 19.4. The van der Waals surface area contributed by atoms with Gasteiger partial charge in [0.15, 0.2) is 6.10 Å². The Balaban J connectivity index is 4.56. The third-order valence-corrected chi connectivity index (χ3v) is 1.33. The number of halogens is 3. The van der Waals surface area contributed by atoms with Crippen molar-refractivity contribution >= 4 is 23.5 Å². The number of carboxylic acid groups (broad SMARTS) is 1. The number of aliphatic carboxylic acids is 1. The Morgan fingerprint density at radius 1 is 1.12 bits per heavy atom. The van der Waals surface area contributed by atoms with Crippen LogP contribution >= 0.6 is 0 Å². The Labute approximate surface area is 86.0 Å². The minimum atomic E-state index is -4.90. The first kappa shape index (κ1) is 14.1. The normalized spacial score (nSPS) is 12.8. The number of esters is 1. The fourth-order valence-corrected chi connectivity index (χ4v) is 0.471. The molecule has 0 saturated carbocycles. The quantitative estimate of drug-likeness (QED) is 0.413. The molecule has 0 aromatic rings. The summed E-state index contributed by atoms with van der Waals surface area (Å²) in [6.07, 6.45) is -7.51. The highest BCUT2D eigenvalue weighted by molar-refractivity contribution is 6.75. The van der Waals surface area contributed by atoms with Crippen LogP contribution in [-0.4, -0.2) is 40.9 Å². The van der Waals surface area contributed by atoms with Gasteiger partial charge in [0.25, 0.3) is 0 Å². The first-order chi connectivity index (χ1) is 7.07. The summed E-state index contributed by atoms with van der Waals surface area (Å²) in [5.74, 6) is -8.72. The second-order valence-corrected chi connectivity index (χ2v) is 2.55. The molecular formula is C7H5F3O6. The third kappa shape index (κ3) is 3.67. The van der Waals surface area contributed by atoms with Gasteiger partial charge in [0.2, 0.25) is 0 Å². The molecule has 0 radical (unpaired) electrons. The average Bonchev–Trinajstić information content (AvgIpc) is 2.13. The molecule has 0 aromatic carbocycles. The van der Waals surface area contributed by atoms with Gasteiger partial charge in [0.05, 0.1) is 0 Å². The van der Waals surface area contributed by atoms with E-state index in [4.69, 9.17) is 5.11 Å². The van der Waals surface area contributed by atoms with Gasteiger partial charge in [-0.05, 0) is 6.92 Å². The monoisotopic (exact) mass is 242 g/mol. The number of ketones is 2. The van der Waals surface area contributed by atoms with Crippen LogP contribution in [0.3, 0.4) is 0 Å². The maximum atomic E-state index is 11.8. The number of Topliss-reactive ketones (excluding diaryl/α,β-unsaturated/α-hetero) is 2. The minimum absolute atomic E-state index is 0.427. The summed E-state index contributed by atoms with van der Waals surface area (Å²) in [6, 6.07) is 0. The molecular weight excluding hydrogens is 237 g/mol. The zero-order valence-corrected chi connectivity index (χ0v) is 7.70. The largest absolute Gasteiger partial charge is 0.475 e. The summed E-state index contributed by atoms with van der Waals surface area (Å²) in [6.45, 7) is 0.427. The van der Waals surface area contributed by atoms with Crippen molar-refractivity contribution in [2.24, 2.45) is 0 Å². The van der Waals surface area contributed by atoms with Crippen molar-refractivity contribution in [1.29, 1.82) is 0 Å². The van der Waals surface area contributed by atoms with Gasteiger partial charge >= 0.3 is 29.7 Å². The zero-order chi connectivity index (χ0) is 13.1. The van der Waals surface area contributed by atoms with E-state index in [-0.39, 0.29) is 0 Å². The number of hydrogen-bond acceptors (Lipinski definition) is 5. The molecule has 90 valence electrons. The Kier molecular flexibility index (Phi) is 4.16. The number of rotatable bonds is 4. The minimum Gasteiger partial charge on any atom is -0.475 e. The Hall–Kier alpha value is -1.93. The number of carboxylic acids is 1. The van der Waals surface area contributed by atoms with Crippen LogP contribution < -0.4 is 0 Å². The molecule has 0 bridgehead atoms. The molecule has 6 nitrogen and oxygen atoms in total. The summed E-state index contributed by atoms with van der Waals surface area (Å²) >= 11 is 0. The van der Waals surface area contributed by atoms with Crippen LogP contribution in [0, 0.1) is 0 Å². The fourth-order valence-electron chi connectivity index (χ4n) is 0.471. The molecule has 1 unspecified atom stereocenters. The maximum Gasteiger partial charge on any atom is 0.425 e. The fraction of sp³-hybridized carbons (Fsp3) is 0.429. The standard InChI is InChI=1S/C7H5F3O6/c1-2(7(8,9)10)16-6(15)4(12)3(11)5(13)14/h2H,1H3,(H,13,14). The number of carbonyl (C=O) groups is 4. The van der Waals surface area contributed by atoms with Gasteiger partial charge < -0.3 is 9.84 Å². The molecule has 0 saturated heterocycles. The summed E-state index contributed by atoms with van der Waals surface area (Å²) in [4.78, 5) is 41.5. The van der Waals surface area contributed by atoms with Crippen LogP contribution in [0.4, 0.5) is 13.2 Å². The van der Waals surface area contributed by atoms with E-state index >= 15 is 0 Å². The highest BCUT2D eigenvalue weighted by Crippen LogP contribution is 2.22. The van der Waals surface area contributed by atoms with E-state index < -0.39 is 35.8 Å². The molecule has 0 aliphatic carbocycles. The van der Waals surface area contributed by atoms with Crippen LogP contribution in [0.1, 0.15) is 6.92 Å². The van der Waals surface area contributed by atoms with Crippen molar-refractivity contribution in [3.05, 3.63) is 0 Å². The average molecular weight is 242 g/mol. The van der Waals surface area contributed by atoms with Gasteiger partial charge in [-0.3, -0.25) is 9.59 Å². The molecule has 0 amide bonds. The van der Waals surface area contributed by atoms with Crippen LogP contribution in [0.5, 0.6) is 0 Å². The summed E-state index contributed by atoms with van der Waals surface area (Å²) in [5.41, 5.74) is 0. The molecule has 0 aliphatic heterocycles. The summed E-state index contributed by atoms with van der Waals surface area (Å²) < 4.78 is 39.1. The number of hydrogen-bond donors (Lipinski definition) is 1. The first-order valence-corrected chi connectivity index (χ1v) is 3.66. The Bertz CT molecular complexity index is 345. The molecule has 0 aromatic heterocycles. The number of ether oxygens (including phenoxy) is 1. The van der Waals surface area contributed by atoms with Crippen LogP contribution in [-0.2, 0) is 23.9 Å². The second kappa shape index (κ2) is 4.73. The van der Waals surface area contributed by atoms with Crippen LogP contribution in [0.2, 0.25) is 0 Å². The van der Waals surface area contributed by atoms with Crippen molar-refractivity contribution in [2.45, 2.75) is 19.2 Å². The van der Waals surface area contributed by atoms with Gasteiger partial charge in [-0.1, -0.05) is 0 Å². The SMILES string of the molecule is CC(OC(=O)C(=O)C(=O)C(=O)O)C(F)(F)F. The molecule has 0 aliphatic rings. The predicted molar refractivity (Wildman–Crippen MR) is 39.3 cm³/mol. The number of carbonyl (C=O) groups excluding carboxylic acids is 3. The van der Waals surface area contributed by atoms with Gasteiger partial charge in [-0.2, -0.15) is 13.2 Å². The van der Waals surface area contributed by atoms with Gasteiger partial charge in [0, 0.05) is 0 Å². The van der Waals surface area contributed by atoms with E-state index in [1.54, 1.807) is 0 Å². The van der Waals surface area contributed by atoms with Gasteiger partial charge in [-0.15, -0.1) is 0 Å². The van der Waals surface area contributed by atoms with E-state index in [0.717, 1.165) is 0 Å². The maximum absolute atomic E-state index is 11.8. The Morgan fingerprint density at radius 2 is 1.56 bits per heavy atom. The van der Waals surface area contributed by atoms with Crippen molar-refractivity contribution in [1.82, 2.24) is 0 Å². The van der Waals surface area contributed by atoms with E-state index in [0.29, 0.717) is 6.92 Å². The molecule has 0 rings (SSSR count). The van der Waals surface area contributed by atoms with Crippen LogP contribution in [0.15, 0.2) is 0 Å². The summed E-state index contributed by atoms with van der Waals surface area (Å²) in [5, 5.41) is 7.99. The first-order valence-electron chi connectivity index (χ1n) is 3.66. The van der Waals surface area contributed by atoms with Crippen molar-refractivity contribution in [3.8, 4) is 0 Å². The van der Waals surface area contributed by atoms with Gasteiger partial charge in [-0.25, -0.2) is 9.59 Å². The predicted octanol–water partition coefficient (Wildman–Crippen LogP) is -0.297. The Morgan fingerprint density at radius 3 is 1.88 bits per heavy atom. The lowest BCUT2D eigenvalue weighted by Crippen LogP contribution is -2.37. The van der Waals surface area contributed by atoms with E-state index in [9.17, 15) is 32.3 Å². The van der Waals surface area contributed by atoms with Crippen molar-refractivity contribution in [3.63, 3.8) is 0 Å². The topological polar surface area (TPSA) is 97.7 Å². The molecule has 1 N–H and O–H groups in total. The van der Waals surface area contributed by atoms with Crippen molar-refractivity contribution in [2.75, 3.05) is 0 Å². The third-order valence-electron chi connectivity index (χ3n) is 1.33. The molecule has 0 spiro atoms. The molecule has 16 heavy (non-hydrogen) atoms. The molecule has 0 heterocycles. The second-order valence-electron chi connectivity index (χ2n) is 2.55. The number of alkyl halides is 3. The van der Waals surface area contributed by atoms with Gasteiger partial charge in [0.1, 0.15) is 0 Å². The lowest BCUT2D eigenvalue weighted by atomic mass is 10.2.